The lowest BCUT2D eigenvalue weighted by Crippen LogP contribution is -2.11. The Morgan fingerprint density at radius 1 is 0.946 bits per heavy atom. The van der Waals surface area contributed by atoms with Crippen molar-refractivity contribution in [1.82, 2.24) is 9.97 Å². The first-order valence-corrected chi connectivity index (χ1v) is 14.0. The summed E-state index contributed by atoms with van der Waals surface area (Å²) < 4.78 is 28.4. The van der Waals surface area contributed by atoms with Crippen LogP contribution in [0, 0.1) is 0 Å². The predicted octanol–water partition coefficient (Wildman–Crippen LogP) is 5.13. The summed E-state index contributed by atoms with van der Waals surface area (Å²) in [6.45, 7) is 0. The molecule has 0 fully saturated rings. The van der Waals surface area contributed by atoms with E-state index in [0.29, 0.717) is 43.5 Å². The average molecular weight is 550 g/mol. The number of benzene rings is 3. The topological polar surface area (TPSA) is 150 Å². The fraction of sp³-hybridized carbons (Fsp3) is 0. The number of nitrogens with two attached hydrogens (primary N) is 2. The van der Waals surface area contributed by atoms with Crippen LogP contribution in [0.15, 0.2) is 89.1 Å². The number of nitrogens with zero attached hydrogens (tertiary/aromatic N) is 2. The first kappa shape index (κ1) is 24.6. The minimum atomic E-state index is -3.77. The van der Waals surface area contributed by atoms with Crippen LogP contribution in [-0.2, 0) is 10.0 Å². The van der Waals surface area contributed by atoms with E-state index in [1.807, 2.05) is 17.5 Å². The van der Waals surface area contributed by atoms with Crippen LogP contribution in [-0.4, -0.2) is 24.4 Å². The molecule has 2 aromatic heterocycles. The highest BCUT2D eigenvalue weighted by atomic mass is 32.2. The molecule has 0 spiro atoms. The van der Waals surface area contributed by atoms with Gasteiger partial charge in [0.2, 0.25) is 10.0 Å². The number of aromatic nitrogens is 2. The Balaban J connectivity index is 1.32. The third-order valence-corrected chi connectivity index (χ3v) is 8.05. The average Bonchev–Trinajstić information content (AvgIpc) is 3.51. The fourth-order valence-corrected chi connectivity index (χ4v) is 5.71. The molecule has 5 aromatic rings. The molecule has 186 valence electrons. The molecule has 37 heavy (non-hydrogen) atoms. The quantitative estimate of drug-likeness (QED) is 0.187. The first-order valence-electron chi connectivity index (χ1n) is 10.8. The number of primary sulfonamides is 1. The van der Waals surface area contributed by atoms with Crippen molar-refractivity contribution in [1.29, 1.82) is 0 Å². The van der Waals surface area contributed by atoms with Gasteiger partial charge in [-0.25, -0.2) is 28.3 Å². The summed E-state index contributed by atoms with van der Waals surface area (Å²) in [5.74, 6) is 0.298. The summed E-state index contributed by atoms with van der Waals surface area (Å²) >= 11 is 2.74. The number of ether oxygens (including phenoxy) is 1. The molecule has 0 radical (unpaired) electrons. The molecule has 2 heterocycles. The zero-order chi connectivity index (χ0) is 26.0. The Kier molecular flexibility index (Phi) is 6.72. The molecule has 0 aliphatic rings. The highest BCUT2D eigenvalue weighted by Gasteiger charge is 2.16. The number of nitrogens with one attached hydrogen (secondary N) is 1. The number of carbonyl (C=O) groups excluding carboxylic acids is 1. The molecule has 5 rings (SSSR count). The number of rotatable bonds is 7. The van der Waals surface area contributed by atoms with Crippen molar-refractivity contribution in [3.05, 3.63) is 89.8 Å². The lowest BCUT2D eigenvalue weighted by Gasteiger charge is -2.05. The van der Waals surface area contributed by atoms with Gasteiger partial charge in [0.25, 0.3) is 0 Å². The summed E-state index contributed by atoms with van der Waals surface area (Å²) in [6, 6.07) is 21.9. The Hall–Kier alpha value is -4.10. The van der Waals surface area contributed by atoms with Gasteiger partial charge in [-0.3, -0.25) is 0 Å². The number of carbonyl (C=O) groups is 1. The van der Waals surface area contributed by atoms with E-state index in [1.165, 1.54) is 34.8 Å². The molecule has 0 saturated carbocycles. The standard InChI is InChI=1S/C25H19N5O4S3/c26-22-21(36-25(30-22)28-17-9-11-19(12-10-17)37(27,32)33)23-29-20(14-35-23)16-7-4-8-18(13-16)34-24(31)15-5-2-1-3-6-15/h1-14H,26H2,(H,28,30)(H2,27,32,33). The maximum atomic E-state index is 12.4. The Labute approximate surface area is 220 Å². The van der Waals surface area contributed by atoms with E-state index in [2.05, 4.69) is 10.3 Å². The SMILES string of the molecule is Nc1nc(Nc2ccc(S(N)(=O)=O)cc2)sc1-c1nc(-c2cccc(OC(=O)c3ccccc3)c2)cs1. The second kappa shape index (κ2) is 10.1. The number of esters is 1. The molecule has 12 heteroatoms. The largest absolute Gasteiger partial charge is 0.423 e. The predicted molar refractivity (Wildman–Crippen MR) is 146 cm³/mol. The summed E-state index contributed by atoms with van der Waals surface area (Å²) in [7, 11) is -3.77. The van der Waals surface area contributed by atoms with Gasteiger partial charge in [0.1, 0.15) is 21.5 Å². The van der Waals surface area contributed by atoms with Crippen molar-refractivity contribution in [2.45, 2.75) is 4.90 Å². The van der Waals surface area contributed by atoms with E-state index in [1.54, 1.807) is 54.6 Å². The molecule has 0 amide bonds. The van der Waals surface area contributed by atoms with Gasteiger partial charge in [-0.15, -0.1) is 11.3 Å². The molecular formula is C25H19N5O4S3. The van der Waals surface area contributed by atoms with Crippen molar-refractivity contribution in [3.8, 4) is 26.9 Å². The second-order valence-electron chi connectivity index (χ2n) is 7.75. The van der Waals surface area contributed by atoms with Crippen LogP contribution in [0.2, 0.25) is 0 Å². The van der Waals surface area contributed by atoms with Gasteiger partial charge in [0.15, 0.2) is 5.13 Å². The minimum Gasteiger partial charge on any atom is -0.423 e. The fourth-order valence-electron chi connectivity index (χ4n) is 3.36. The number of thiazole rings is 2. The van der Waals surface area contributed by atoms with E-state index in [-0.39, 0.29) is 4.90 Å². The van der Waals surface area contributed by atoms with Crippen LogP contribution in [0.3, 0.4) is 0 Å². The van der Waals surface area contributed by atoms with Crippen LogP contribution in [0.1, 0.15) is 10.4 Å². The van der Waals surface area contributed by atoms with Gasteiger partial charge >= 0.3 is 5.97 Å². The van der Waals surface area contributed by atoms with Crippen molar-refractivity contribution in [2.24, 2.45) is 5.14 Å². The van der Waals surface area contributed by atoms with E-state index >= 15 is 0 Å². The van der Waals surface area contributed by atoms with Gasteiger partial charge in [-0.2, -0.15) is 0 Å². The van der Waals surface area contributed by atoms with E-state index in [4.69, 9.17) is 20.6 Å². The van der Waals surface area contributed by atoms with Crippen LogP contribution < -0.4 is 20.9 Å². The number of anilines is 3. The molecule has 0 bridgehead atoms. The molecule has 0 atom stereocenters. The van der Waals surface area contributed by atoms with Gasteiger partial charge in [-0.05, 0) is 48.5 Å². The third-order valence-electron chi connectivity index (χ3n) is 5.14. The smallest absolute Gasteiger partial charge is 0.343 e. The zero-order valence-corrected chi connectivity index (χ0v) is 21.4. The van der Waals surface area contributed by atoms with Gasteiger partial charge in [-0.1, -0.05) is 41.7 Å². The Bertz CT molecular complexity index is 1680. The molecular weight excluding hydrogens is 531 g/mol. The molecule has 0 aliphatic heterocycles. The van der Waals surface area contributed by atoms with Crippen molar-refractivity contribution in [2.75, 3.05) is 11.1 Å². The van der Waals surface area contributed by atoms with Crippen LogP contribution in [0.4, 0.5) is 16.6 Å². The number of nitrogen functional groups attached to an aromatic ring is 1. The lowest BCUT2D eigenvalue weighted by molar-refractivity contribution is 0.0735. The van der Waals surface area contributed by atoms with Crippen LogP contribution in [0.5, 0.6) is 5.75 Å². The Morgan fingerprint density at radius 2 is 1.70 bits per heavy atom. The van der Waals surface area contributed by atoms with E-state index < -0.39 is 16.0 Å². The molecule has 0 aliphatic carbocycles. The number of hydrogen-bond acceptors (Lipinski definition) is 10. The first-order chi connectivity index (χ1) is 17.8. The van der Waals surface area contributed by atoms with Gasteiger partial charge < -0.3 is 15.8 Å². The molecule has 3 aromatic carbocycles. The minimum absolute atomic E-state index is 0.0200. The zero-order valence-electron chi connectivity index (χ0n) is 19.0. The van der Waals surface area contributed by atoms with Crippen molar-refractivity contribution < 1.29 is 17.9 Å². The van der Waals surface area contributed by atoms with Crippen LogP contribution >= 0.6 is 22.7 Å². The van der Waals surface area contributed by atoms with Gasteiger partial charge in [0, 0.05) is 16.6 Å². The lowest BCUT2D eigenvalue weighted by atomic mass is 10.1. The normalized spacial score (nSPS) is 11.3. The molecule has 0 saturated heterocycles. The summed E-state index contributed by atoms with van der Waals surface area (Å²) in [5, 5.41) is 11.4. The molecule has 5 N–H and O–H groups in total. The maximum Gasteiger partial charge on any atom is 0.343 e. The number of sulfonamides is 1. The number of hydrogen-bond donors (Lipinski definition) is 3. The van der Waals surface area contributed by atoms with E-state index in [9.17, 15) is 13.2 Å². The van der Waals surface area contributed by atoms with Crippen molar-refractivity contribution >= 4 is 55.3 Å². The summed E-state index contributed by atoms with van der Waals surface area (Å²) in [6.07, 6.45) is 0. The van der Waals surface area contributed by atoms with Crippen molar-refractivity contribution in [3.63, 3.8) is 0 Å². The monoisotopic (exact) mass is 549 g/mol. The molecule has 9 nitrogen and oxygen atoms in total. The Morgan fingerprint density at radius 3 is 2.43 bits per heavy atom. The van der Waals surface area contributed by atoms with E-state index in [0.717, 1.165) is 5.56 Å². The van der Waals surface area contributed by atoms with Crippen LogP contribution in [0.25, 0.3) is 21.1 Å². The highest BCUT2D eigenvalue weighted by Crippen LogP contribution is 2.39. The highest BCUT2D eigenvalue weighted by molar-refractivity contribution is 7.89. The maximum absolute atomic E-state index is 12.4. The summed E-state index contributed by atoms with van der Waals surface area (Å²) in [4.78, 5) is 22.2. The second-order valence-corrected chi connectivity index (χ2v) is 11.2. The molecule has 0 unspecified atom stereocenters. The summed E-state index contributed by atoms with van der Waals surface area (Å²) in [5.41, 5.74) is 8.76. The third kappa shape index (κ3) is 5.67. The van der Waals surface area contributed by atoms with Gasteiger partial charge in [0.05, 0.1) is 16.2 Å².